The van der Waals surface area contributed by atoms with Gasteiger partial charge in [-0.15, -0.1) is 0 Å². The number of rotatable bonds is 11. The molecule has 10 heteroatoms. The van der Waals surface area contributed by atoms with Gasteiger partial charge in [-0.25, -0.2) is 13.1 Å². The van der Waals surface area contributed by atoms with Crippen LogP contribution >= 0.6 is 0 Å². The number of hydrogen-bond acceptors (Lipinski definition) is 8. The first-order valence-corrected chi connectivity index (χ1v) is 13.5. The van der Waals surface area contributed by atoms with Crippen molar-refractivity contribution in [2.45, 2.75) is 102 Å². The van der Waals surface area contributed by atoms with Crippen molar-refractivity contribution in [1.29, 1.82) is 0 Å². The first-order valence-electron chi connectivity index (χ1n) is 12.1. The molecule has 9 nitrogen and oxygen atoms in total. The Balaban J connectivity index is 1.62. The van der Waals surface area contributed by atoms with Gasteiger partial charge in [-0.1, -0.05) is 50.1 Å². The standard InChI is InChI=1S/C24H36N4O5S/c1-24(2,3)32-22(29)15-19(12-7-11-18-9-5-4-6-10-18)23-27-21(28-33-23)17-26-34(30,31)20-13-8-14-25-16-20/h8,13-14,16,18-19,26H,4-7,9-12,15,17H2,1-3H3/t19-/m1/s1. The molecule has 34 heavy (non-hydrogen) atoms. The Morgan fingerprint density at radius 1 is 1.26 bits per heavy atom. The molecule has 0 aromatic carbocycles. The maximum Gasteiger partial charge on any atom is 0.307 e. The zero-order chi connectivity index (χ0) is 24.6. The van der Waals surface area contributed by atoms with Crippen LogP contribution in [0.15, 0.2) is 33.9 Å². The second-order valence-corrected chi connectivity index (χ2v) is 11.8. The molecule has 2 aromatic heterocycles. The van der Waals surface area contributed by atoms with Crippen LogP contribution in [0, 0.1) is 5.92 Å². The van der Waals surface area contributed by atoms with Crippen molar-refractivity contribution < 1.29 is 22.5 Å². The van der Waals surface area contributed by atoms with E-state index in [1.54, 1.807) is 6.07 Å². The molecule has 188 valence electrons. The SMILES string of the molecule is CC(C)(C)OC(=O)C[C@@H](CCCC1CCCCC1)c1nc(CNS(=O)(=O)c2cccnc2)no1. The predicted octanol–water partition coefficient (Wildman–Crippen LogP) is 4.51. The van der Waals surface area contributed by atoms with E-state index in [4.69, 9.17) is 9.26 Å². The molecule has 2 heterocycles. The van der Waals surface area contributed by atoms with Gasteiger partial charge in [0.15, 0.2) is 5.82 Å². The summed E-state index contributed by atoms with van der Waals surface area (Å²) in [4.78, 5) is 20.8. The van der Waals surface area contributed by atoms with E-state index in [-0.39, 0.29) is 35.6 Å². The number of nitrogens with one attached hydrogen (secondary N) is 1. The van der Waals surface area contributed by atoms with Gasteiger partial charge in [0.2, 0.25) is 15.9 Å². The van der Waals surface area contributed by atoms with E-state index in [9.17, 15) is 13.2 Å². The van der Waals surface area contributed by atoms with E-state index < -0.39 is 15.6 Å². The highest BCUT2D eigenvalue weighted by Crippen LogP contribution is 2.31. The van der Waals surface area contributed by atoms with Crippen LogP contribution in [0.25, 0.3) is 0 Å². The summed E-state index contributed by atoms with van der Waals surface area (Å²) in [5.41, 5.74) is -0.575. The smallest absolute Gasteiger partial charge is 0.307 e. The van der Waals surface area contributed by atoms with Crippen LogP contribution in [0.5, 0.6) is 0 Å². The molecule has 1 aliphatic rings. The Hall–Kier alpha value is -2.33. The van der Waals surface area contributed by atoms with Crippen molar-refractivity contribution >= 4 is 16.0 Å². The fraction of sp³-hybridized carbons (Fsp3) is 0.667. The predicted molar refractivity (Wildman–Crippen MR) is 126 cm³/mol. The molecular formula is C24H36N4O5S. The molecule has 0 radical (unpaired) electrons. The van der Waals surface area contributed by atoms with Gasteiger partial charge in [0.1, 0.15) is 10.5 Å². The number of aromatic nitrogens is 3. The van der Waals surface area contributed by atoms with E-state index in [0.29, 0.717) is 5.89 Å². The quantitative estimate of drug-likeness (QED) is 0.454. The van der Waals surface area contributed by atoms with Gasteiger partial charge in [-0.2, -0.15) is 4.98 Å². The molecular weight excluding hydrogens is 456 g/mol. The summed E-state index contributed by atoms with van der Waals surface area (Å²) < 4.78 is 38.3. The molecule has 0 spiro atoms. The number of carbonyl (C=O) groups excluding carboxylic acids is 1. The molecule has 0 unspecified atom stereocenters. The minimum atomic E-state index is -3.74. The third-order valence-electron chi connectivity index (χ3n) is 5.92. The molecule has 1 saturated carbocycles. The van der Waals surface area contributed by atoms with Crippen LogP contribution in [0.2, 0.25) is 0 Å². The summed E-state index contributed by atoms with van der Waals surface area (Å²) in [6.45, 7) is 5.38. The lowest BCUT2D eigenvalue weighted by molar-refractivity contribution is -0.155. The van der Waals surface area contributed by atoms with Gasteiger partial charge in [-0.05, 0) is 45.2 Å². The number of nitrogens with zero attached hydrogens (tertiary/aromatic N) is 3. The number of pyridine rings is 1. The van der Waals surface area contributed by atoms with E-state index in [2.05, 4.69) is 19.8 Å². The average Bonchev–Trinajstić information content (AvgIpc) is 3.26. The summed E-state index contributed by atoms with van der Waals surface area (Å²) in [5, 5.41) is 3.93. The lowest BCUT2D eigenvalue weighted by Gasteiger charge is -2.23. The zero-order valence-corrected chi connectivity index (χ0v) is 21.1. The highest BCUT2D eigenvalue weighted by molar-refractivity contribution is 7.89. The Bertz CT molecular complexity index is 1010. The highest BCUT2D eigenvalue weighted by Gasteiger charge is 2.26. The third-order valence-corrected chi connectivity index (χ3v) is 7.31. The van der Waals surface area contributed by atoms with Crippen LogP contribution in [-0.4, -0.2) is 35.1 Å². The number of sulfonamides is 1. The topological polar surface area (TPSA) is 124 Å². The lowest BCUT2D eigenvalue weighted by Crippen LogP contribution is -2.25. The van der Waals surface area contributed by atoms with Crippen molar-refractivity contribution in [3.63, 3.8) is 0 Å². The van der Waals surface area contributed by atoms with Crippen molar-refractivity contribution in [2.75, 3.05) is 0 Å². The Labute approximate surface area is 202 Å². The maximum atomic E-state index is 12.5. The number of carbonyl (C=O) groups is 1. The number of esters is 1. The van der Waals surface area contributed by atoms with Gasteiger partial charge < -0.3 is 9.26 Å². The molecule has 1 fully saturated rings. The summed E-state index contributed by atoms with van der Waals surface area (Å²) >= 11 is 0. The molecule has 0 saturated heterocycles. The fourth-order valence-electron chi connectivity index (χ4n) is 4.28. The number of hydrogen-bond donors (Lipinski definition) is 1. The molecule has 0 amide bonds. The van der Waals surface area contributed by atoms with E-state index in [1.165, 1.54) is 50.6 Å². The van der Waals surface area contributed by atoms with Gasteiger partial charge >= 0.3 is 5.97 Å². The largest absolute Gasteiger partial charge is 0.460 e. The van der Waals surface area contributed by atoms with Crippen molar-refractivity contribution in [3.8, 4) is 0 Å². The van der Waals surface area contributed by atoms with Gasteiger partial charge in [0.05, 0.1) is 13.0 Å². The molecule has 1 aliphatic carbocycles. The summed E-state index contributed by atoms with van der Waals surface area (Å²) in [6, 6.07) is 3.01. The van der Waals surface area contributed by atoms with Crippen molar-refractivity contribution in [3.05, 3.63) is 36.2 Å². The van der Waals surface area contributed by atoms with Crippen LogP contribution in [0.3, 0.4) is 0 Å². The summed E-state index contributed by atoms with van der Waals surface area (Å²) in [5.74, 6) is 0.715. The normalized spacial score (nSPS) is 16.3. The minimum absolute atomic E-state index is 0.0595. The lowest BCUT2D eigenvalue weighted by atomic mass is 9.84. The fourth-order valence-corrected chi connectivity index (χ4v) is 5.22. The van der Waals surface area contributed by atoms with Gasteiger partial charge in [0, 0.05) is 18.3 Å². The highest BCUT2D eigenvalue weighted by atomic mass is 32.2. The second kappa shape index (κ2) is 11.9. The Morgan fingerprint density at radius 2 is 2.03 bits per heavy atom. The van der Waals surface area contributed by atoms with E-state index in [0.717, 1.165) is 25.2 Å². The van der Waals surface area contributed by atoms with Crippen LogP contribution < -0.4 is 4.72 Å². The van der Waals surface area contributed by atoms with Crippen molar-refractivity contribution in [2.24, 2.45) is 5.92 Å². The van der Waals surface area contributed by atoms with Crippen LogP contribution in [-0.2, 0) is 26.1 Å². The molecule has 2 aromatic rings. The molecule has 0 aliphatic heterocycles. The molecule has 1 N–H and O–H groups in total. The van der Waals surface area contributed by atoms with Gasteiger partial charge in [0.25, 0.3) is 0 Å². The Morgan fingerprint density at radius 3 is 2.71 bits per heavy atom. The first-order chi connectivity index (χ1) is 16.1. The minimum Gasteiger partial charge on any atom is -0.460 e. The molecule has 3 rings (SSSR count). The monoisotopic (exact) mass is 492 g/mol. The zero-order valence-electron chi connectivity index (χ0n) is 20.3. The number of ether oxygens (including phenoxy) is 1. The van der Waals surface area contributed by atoms with E-state index >= 15 is 0 Å². The second-order valence-electron chi connectivity index (χ2n) is 9.98. The first kappa shape index (κ1) is 26.3. The molecule has 1 atom stereocenters. The van der Waals surface area contributed by atoms with Gasteiger partial charge in [-0.3, -0.25) is 9.78 Å². The Kier molecular flexibility index (Phi) is 9.18. The third kappa shape index (κ3) is 8.47. The van der Waals surface area contributed by atoms with Crippen molar-refractivity contribution in [1.82, 2.24) is 19.8 Å². The summed E-state index contributed by atoms with van der Waals surface area (Å²) in [7, 11) is -3.74. The van der Waals surface area contributed by atoms with E-state index in [1.807, 2.05) is 20.8 Å². The summed E-state index contributed by atoms with van der Waals surface area (Å²) in [6.07, 6.45) is 12.2. The molecule has 0 bridgehead atoms. The average molecular weight is 493 g/mol. The van der Waals surface area contributed by atoms with Crippen LogP contribution in [0.1, 0.15) is 96.2 Å². The van der Waals surface area contributed by atoms with Crippen LogP contribution in [0.4, 0.5) is 0 Å². The maximum absolute atomic E-state index is 12.5.